The van der Waals surface area contributed by atoms with Crippen molar-refractivity contribution in [2.45, 2.75) is 71.4 Å². The predicted molar refractivity (Wildman–Crippen MR) is 98.6 cm³/mol. The highest BCUT2D eigenvalue weighted by Crippen LogP contribution is 2.33. The van der Waals surface area contributed by atoms with Gasteiger partial charge in [-0.1, -0.05) is 57.0 Å². The second-order valence-corrected chi connectivity index (χ2v) is 7.76. The Morgan fingerprint density at radius 1 is 1.21 bits per heavy atom. The molecule has 3 nitrogen and oxygen atoms in total. The monoisotopic (exact) mass is 331 g/mol. The quantitative estimate of drug-likeness (QED) is 0.817. The van der Waals surface area contributed by atoms with Gasteiger partial charge in [-0.15, -0.1) is 0 Å². The maximum atomic E-state index is 12.1. The summed E-state index contributed by atoms with van der Waals surface area (Å²) in [6.45, 7) is 6.57. The number of cyclic esters (lactones) is 1. The van der Waals surface area contributed by atoms with Crippen LogP contribution in [0.3, 0.4) is 0 Å². The summed E-state index contributed by atoms with van der Waals surface area (Å²) < 4.78 is 5.73. The van der Waals surface area contributed by atoms with Gasteiger partial charge in [0.15, 0.2) is 0 Å². The third kappa shape index (κ3) is 5.62. The Hall–Kier alpha value is -1.35. The van der Waals surface area contributed by atoms with E-state index in [4.69, 9.17) is 10.5 Å². The number of benzene rings is 1. The summed E-state index contributed by atoms with van der Waals surface area (Å²) in [6.07, 6.45) is 6.12. The molecule has 1 aromatic carbocycles. The molecule has 1 heterocycles. The Kier molecular flexibility index (Phi) is 7.29. The molecule has 0 amide bonds. The lowest BCUT2D eigenvalue weighted by Gasteiger charge is -2.32. The fourth-order valence-corrected chi connectivity index (χ4v) is 3.84. The van der Waals surface area contributed by atoms with E-state index < -0.39 is 6.04 Å². The molecular formula is C21H33NO2. The number of nitrogens with two attached hydrogens (primary N) is 1. The van der Waals surface area contributed by atoms with Crippen molar-refractivity contribution in [1.82, 2.24) is 0 Å². The van der Waals surface area contributed by atoms with Gasteiger partial charge in [0.25, 0.3) is 0 Å². The molecule has 1 fully saturated rings. The Morgan fingerprint density at radius 2 is 1.92 bits per heavy atom. The molecule has 1 aromatic rings. The van der Waals surface area contributed by atoms with Gasteiger partial charge in [0.1, 0.15) is 12.1 Å². The van der Waals surface area contributed by atoms with Crippen LogP contribution in [0.4, 0.5) is 0 Å². The molecular weight excluding hydrogens is 298 g/mol. The fraction of sp³-hybridized carbons (Fsp3) is 0.667. The highest BCUT2D eigenvalue weighted by atomic mass is 16.5. The number of ether oxygens (including phenoxy) is 1. The summed E-state index contributed by atoms with van der Waals surface area (Å²) in [5.41, 5.74) is 7.34. The number of hydrogen-bond acceptors (Lipinski definition) is 3. The standard InChI is InChI=1S/C21H33NO2/c1-15(2)12-13-19-16(3)24-21(23)20(22)11-7-10-18(19)14-17-8-5-4-6-9-17/h4-6,8-9,15-16,18-20H,7,10-14,22H2,1-3H3/t16-,18+,19-,20-/m0/s1. The molecule has 1 aliphatic heterocycles. The van der Waals surface area contributed by atoms with Crippen molar-refractivity contribution in [1.29, 1.82) is 0 Å². The molecule has 0 spiro atoms. The minimum atomic E-state index is -0.464. The molecule has 0 radical (unpaired) electrons. The van der Waals surface area contributed by atoms with E-state index in [-0.39, 0.29) is 12.1 Å². The van der Waals surface area contributed by atoms with Gasteiger partial charge in [-0.3, -0.25) is 4.79 Å². The van der Waals surface area contributed by atoms with Crippen molar-refractivity contribution < 1.29 is 9.53 Å². The second kappa shape index (κ2) is 9.22. The van der Waals surface area contributed by atoms with E-state index in [2.05, 4.69) is 51.1 Å². The molecule has 134 valence electrons. The summed E-state index contributed by atoms with van der Waals surface area (Å²) in [7, 11) is 0. The largest absolute Gasteiger partial charge is 0.461 e. The average Bonchev–Trinajstić information content (AvgIpc) is 2.58. The molecule has 0 saturated carbocycles. The zero-order valence-electron chi connectivity index (χ0n) is 15.4. The van der Waals surface area contributed by atoms with Crippen molar-refractivity contribution in [3.8, 4) is 0 Å². The number of carbonyl (C=O) groups is 1. The van der Waals surface area contributed by atoms with Gasteiger partial charge < -0.3 is 10.5 Å². The minimum Gasteiger partial charge on any atom is -0.461 e. The summed E-state index contributed by atoms with van der Waals surface area (Å²) in [6, 6.07) is 10.2. The summed E-state index contributed by atoms with van der Waals surface area (Å²) >= 11 is 0. The molecule has 2 rings (SSSR count). The molecule has 0 aliphatic carbocycles. The van der Waals surface area contributed by atoms with Crippen molar-refractivity contribution >= 4 is 5.97 Å². The van der Waals surface area contributed by atoms with Crippen LogP contribution < -0.4 is 5.73 Å². The molecule has 3 heteroatoms. The second-order valence-electron chi connectivity index (χ2n) is 7.76. The molecule has 2 N–H and O–H groups in total. The Bertz CT molecular complexity index is 500. The van der Waals surface area contributed by atoms with Crippen LogP contribution >= 0.6 is 0 Å². The maximum Gasteiger partial charge on any atom is 0.323 e. The summed E-state index contributed by atoms with van der Waals surface area (Å²) in [5.74, 6) is 1.39. The van der Waals surface area contributed by atoms with Crippen LogP contribution in [0.5, 0.6) is 0 Å². The van der Waals surface area contributed by atoms with Gasteiger partial charge in [0.05, 0.1) is 0 Å². The zero-order chi connectivity index (χ0) is 17.5. The molecule has 0 unspecified atom stereocenters. The lowest BCUT2D eigenvalue weighted by atomic mass is 9.77. The SMILES string of the molecule is CC(C)CC[C@@H]1[C@@H](Cc2ccccc2)CCC[C@H](N)C(=O)O[C@H]1C. The van der Waals surface area contributed by atoms with Crippen molar-refractivity contribution in [3.05, 3.63) is 35.9 Å². The van der Waals surface area contributed by atoms with E-state index >= 15 is 0 Å². The van der Waals surface area contributed by atoms with E-state index in [1.165, 1.54) is 12.0 Å². The molecule has 0 bridgehead atoms. The first-order valence-electron chi connectivity index (χ1n) is 9.47. The van der Waals surface area contributed by atoms with E-state index in [9.17, 15) is 4.79 Å². The fourth-order valence-electron chi connectivity index (χ4n) is 3.84. The van der Waals surface area contributed by atoms with E-state index in [1.54, 1.807) is 0 Å². The predicted octanol–water partition coefficient (Wildman–Crippen LogP) is 4.34. The maximum absolute atomic E-state index is 12.1. The highest BCUT2D eigenvalue weighted by molar-refractivity contribution is 5.75. The third-order valence-corrected chi connectivity index (χ3v) is 5.32. The average molecular weight is 332 g/mol. The number of esters is 1. The van der Waals surface area contributed by atoms with Crippen molar-refractivity contribution in [2.24, 2.45) is 23.5 Å². The molecule has 4 atom stereocenters. The van der Waals surface area contributed by atoms with E-state index in [0.717, 1.165) is 32.1 Å². The lowest BCUT2D eigenvalue weighted by molar-refractivity contribution is -0.153. The lowest BCUT2D eigenvalue weighted by Crippen LogP contribution is -2.36. The highest BCUT2D eigenvalue weighted by Gasteiger charge is 2.32. The molecule has 0 aromatic heterocycles. The van der Waals surface area contributed by atoms with Crippen LogP contribution in [0.25, 0.3) is 0 Å². The smallest absolute Gasteiger partial charge is 0.323 e. The zero-order valence-corrected chi connectivity index (χ0v) is 15.4. The van der Waals surface area contributed by atoms with Crippen LogP contribution in [0.15, 0.2) is 30.3 Å². The third-order valence-electron chi connectivity index (χ3n) is 5.32. The van der Waals surface area contributed by atoms with Gasteiger partial charge in [0.2, 0.25) is 0 Å². The van der Waals surface area contributed by atoms with E-state index in [1.807, 2.05) is 0 Å². The van der Waals surface area contributed by atoms with Crippen LogP contribution in [-0.2, 0) is 16.0 Å². The topological polar surface area (TPSA) is 52.3 Å². The first kappa shape index (κ1) is 19.0. The molecule has 24 heavy (non-hydrogen) atoms. The van der Waals surface area contributed by atoms with Crippen molar-refractivity contribution in [2.75, 3.05) is 0 Å². The number of hydrogen-bond donors (Lipinski definition) is 1. The van der Waals surface area contributed by atoms with Crippen LogP contribution in [0, 0.1) is 17.8 Å². The van der Waals surface area contributed by atoms with Gasteiger partial charge >= 0.3 is 5.97 Å². The van der Waals surface area contributed by atoms with Crippen LogP contribution in [0.1, 0.15) is 58.4 Å². The first-order chi connectivity index (χ1) is 11.5. The number of carbonyl (C=O) groups excluding carboxylic acids is 1. The van der Waals surface area contributed by atoms with Gasteiger partial charge in [-0.25, -0.2) is 0 Å². The molecule has 1 saturated heterocycles. The van der Waals surface area contributed by atoms with Crippen LogP contribution in [0.2, 0.25) is 0 Å². The summed E-state index contributed by atoms with van der Waals surface area (Å²) in [5, 5.41) is 0. The van der Waals surface area contributed by atoms with Crippen molar-refractivity contribution in [3.63, 3.8) is 0 Å². The minimum absolute atomic E-state index is 0.0610. The first-order valence-corrected chi connectivity index (χ1v) is 9.47. The number of rotatable bonds is 5. The van der Waals surface area contributed by atoms with Gasteiger partial charge in [0, 0.05) is 0 Å². The van der Waals surface area contributed by atoms with Gasteiger partial charge in [-0.2, -0.15) is 0 Å². The van der Waals surface area contributed by atoms with E-state index in [0.29, 0.717) is 17.8 Å². The molecule has 1 aliphatic rings. The Labute approximate surface area is 147 Å². The Morgan fingerprint density at radius 3 is 2.58 bits per heavy atom. The van der Waals surface area contributed by atoms with Crippen LogP contribution in [-0.4, -0.2) is 18.1 Å². The normalized spacial score (nSPS) is 28.8. The summed E-state index contributed by atoms with van der Waals surface area (Å²) in [4.78, 5) is 12.1. The van der Waals surface area contributed by atoms with Gasteiger partial charge in [-0.05, 0) is 55.9 Å². The Balaban J connectivity index is 2.17.